The van der Waals surface area contributed by atoms with Gasteiger partial charge in [-0.05, 0) is 37.6 Å². The second kappa shape index (κ2) is 6.34. The molecular weight excluding hydrogens is 286 g/mol. The van der Waals surface area contributed by atoms with Gasteiger partial charge in [0.15, 0.2) is 17.3 Å². The van der Waals surface area contributed by atoms with Crippen LogP contribution in [0.2, 0.25) is 0 Å². The van der Waals surface area contributed by atoms with Crippen LogP contribution in [0, 0.1) is 0 Å². The number of carbonyl (C=O) groups is 1. The van der Waals surface area contributed by atoms with E-state index in [2.05, 4.69) is 4.99 Å². The number of aliphatic hydroxyl groups excluding tert-OH is 1. The third-order valence-corrected chi connectivity index (χ3v) is 3.12. The van der Waals surface area contributed by atoms with Gasteiger partial charge in [-0.25, -0.2) is 9.79 Å². The van der Waals surface area contributed by atoms with Crippen molar-refractivity contribution in [2.45, 2.75) is 13.8 Å². The van der Waals surface area contributed by atoms with E-state index in [0.29, 0.717) is 17.0 Å². The number of nitrogens with zero attached hydrogens (tertiary/aromatic N) is 1. The molecule has 6 nitrogen and oxygen atoms in total. The number of phenols is 1. The summed E-state index contributed by atoms with van der Waals surface area (Å²) in [5.74, 6) is -0.499. The van der Waals surface area contributed by atoms with Gasteiger partial charge in [0, 0.05) is 0 Å². The summed E-state index contributed by atoms with van der Waals surface area (Å²) >= 11 is 0. The standard InChI is InChI=1S/C16H17NO5/c1-4-22-16(20)14-9(2)17-11(15(14)19)7-10-5-6-12(18)13(8-10)21-3/h5-8,18-19H,4H2,1-3H3. The first-order valence-electron chi connectivity index (χ1n) is 6.73. The van der Waals surface area contributed by atoms with E-state index in [-0.39, 0.29) is 29.4 Å². The van der Waals surface area contributed by atoms with E-state index < -0.39 is 5.97 Å². The van der Waals surface area contributed by atoms with Crippen molar-refractivity contribution in [2.24, 2.45) is 4.99 Å². The summed E-state index contributed by atoms with van der Waals surface area (Å²) < 4.78 is 9.93. The summed E-state index contributed by atoms with van der Waals surface area (Å²) in [5.41, 5.74) is 1.39. The topological polar surface area (TPSA) is 88.4 Å². The average molecular weight is 303 g/mol. The fourth-order valence-corrected chi connectivity index (χ4v) is 2.08. The Bertz CT molecular complexity index is 700. The number of ether oxygens (including phenoxy) is 2. The van der Waals surface area contributed by atoms with Crippen molar-refractivity contribution in [2.75, 3.05) is 13.7 Å². The minimum Gasteiger partial charge on any atom is -0.505 e. The number of rotatable bonds is 4. The monoisotopic (exact) mass is 303 g/mol. The lowest BCUT2D eigenvalue weighted by molar-refractivity contribution is -0.138. The fraction of sp³-hybridized carbons (Fsp3) is 0.250. The lowest BCUT2D eigenvalue weighted by Gasteiger charge is -2.04. The van der Waals surface area contributed by atoms with Gasteiger partial charge in [-0.15, -0.1) is 0 Å². The van der Waals surface area contributed by atoms with Crippen molar-refractivity contribution < 1.29 is 24.5 Å². The summed E-state index contributed by atoms with van der Waals surface area (Å²) in [6.07, 6.45) is 1.59. The highest BCUT2D eigenvalue weighted by Crippen LogP contribution is 2.30. The molecule has 1 aliphatic rings. The molecule has 0 unspecified atom stereocenters. The molecule has 0 radical (unpaired) electrons. The highest BCUT2D eigenvalue weighted by Gasteiger charge is 2.27. The molecular formula is C16H17NO5. The SMILES string of the molecule is CCOC(=O)C1=C(O)C(=Cc2ccc(O)c(OC)c2)N=C1C. The molecule has 0 fully saturated rings. The van der Waals surface area contributed by atoms with Crippen LogP contribution in [-0.2, 0) is 9.53 Å². The Balaban J connectivity index is 2.39. The highest BCUT2D eigenvalue weighted by molar-refractivity contribution is 6.22. The highest BCUT2D eigenvalue weighted by atomic mass is 16.5. The lowest BCUT2D eigenvalue weighted by Crippen LogP contribution is -2.13. The molecule has 0 saturated carbocycles. The lowest BCUT2D eigenvalue weighted by atomic mass is 10.1. The Morgan fingerprint density at radius 1 is 1.36 bits per heavy atom. The van der Waals surface area contributed by atoms with Gasteiger partial charge in [0.05, 0.1) is 19.4 Å². The Labute approximate surface area is 128 Å². The van der Waals surface area contributed by atoms with Crippen LogP contribution in [-0.4, -0.2) is 35.6 Å². The third-order valence-electron chi connectivity index (χ3n) is 3.12. The van der Waals surface area contributed by atoms with Crippen molar-refractivity contribution >= 4 is 17.8 Å². The van der Waals surface area contributed by atoms with E-state index in [4.69, 9.17) is 9.47 Å². The van der Waals surface area contributed by atoms with Gasteiger partial charge in [-0.2, -0.15) is 0 Å². The molecule has 0 aromatic heterocycles. The van der Waals surface area contributed by atoms with Crippen LogP contribution < -0.4 is 4.74 Å². The molecule has 1 aromatic rings. The largest absolute Gasteiger partial charge is 0.505 e. The number of aliphatic hydroxyl groups is 1. The van der Waals surface area contributed by atoms with Gasteiger partial charge < -0.3 is 19.7 Å². The minimum absolute atomic E-state index is 0.0164. The Morgan fingerprint density at radius 2 is 2.09 bits per heavy atom. The second-order valence-electron chi connectivity index (χ2n) is 4.60. The zero-order valence-corrected chi connectivity index (χ0v) is 12.6. The number of carbonyl (C=O) groups excluding carboxylic acids is 1. The maximum Gasteiger partial charge on any atom is 0.343 e. The first kappa shape index (κ1) is 15.6. The van der Waals surface area contributed by atoms with Crippen molar-refractivity contribution in [1.29, 1.82) is 0 Å². The molecule has 22 heavy (non-hydrogen) atoms. The van der Waals surface area contributed by atoms with E-state index in [1.54, 1.807) is 32.1 Å². The van der Waals surface area contributed by atoms with Crippen molar-refractivity contribution in [3.05, 3.63) is 40.8 Å². The van der Waals surface area contributed by atoms with E-state index in [1.165, 1.54) is 13.2 Å². The fourth-order valence-electron chi connectivity index (χ4n) is 2.08. The number of aliphatic imine (C=N–C) groups is 1. The van der Waals surface area contributed by atoms with Crippen LogP contribution >= 0.6 is 0 Å². The van der Waals surface area contributed by atoms with Crippen LogP contribution in [0.4, 0.5) is 0 Å². The number of benzene rings is 1. The third kappa shape index (κ3) is 2.95. The zero-order chi connectivity index (χ0) is 16.3. The summed E-state index contributed by atoms with van der Waals surface area (Å²) in [4.78, 5) is 16.0. The van der Waals surface area contributed by atoms with Crippen LogP contribution in [0.1, 0.15) is 19.4 Å². The number of esters is 1. The van der Waals surface area contributed by atoms with Crippen LogP contribution in [0.25, 0.3) is 6.08 Å². The quantitative estimate of drug-likeness (QED) is 0.835. The van der Waals surface area contributed by atoms with Gasteiger partial charge in [-0.1, -0.05) is 6.07 Å². The number of hydrogen-bond donors (Lipinski definition) is 2. The van der Waals surface area contributed by atoms with Crippen LogP contribution in [0.15, 0.2) is 40.2 Å². The maximum absolute atomic E-state index is 11.8. The molecule has 1 heterocycles. The molecule has 0 spiro atoms. The number of hydrogen-bond acceptors (Lipinski definition) is 6. The zero-order valence-electron chi connectivity index (χ0n) is 12.6. The van der Waals surface area contributed by atoms with Gasteiger partial charge in [0.1, 0.15) is 11.3 Å². The molecule has 0 amide bonds. The summed E-state index contributed by atoms with van der Waals surface area (Å²) in [7, 11) is 1.44. The molecule has 116 valence electrons. The number of methoxy groups -OCH3 is 1. The second-order valence-corrected chi connectivity index (χ2v) is 4.60. The van der Waals surface area contributed by atoms with E-state index in [0.717, 1.165) is 0 Å². The van der Waals surface area contributed by atoms with Crippen molar-refractivity contribution in [3.8, 4) is 11.5 Å². The predicted octanol–water partition coefficient (Wildman–Crippen LogP) is 2.59. The van der Waals surface area contributed by atoms with Gasteiger partial charge in [0.2, 0.25) is 0 Å². The molecule has 0 aliphatic carbocycles. The van der Waals surface area contributed by atoms with E-state index in [1.807, 2.05) is 0 Å². The molecule has 0 atom stereocenters. The Kier molecular flexibility index (Phi) is 4.50. The van der Waals surface area contributed by atoms with Gasteiger partial charge in [-0.3, -0.25) is 0 Å². The first-order valence-corrected chi connectivity index (χ1v) is 6.73. The first-order chi connectivity index (χ1) is 10.5. The molecule has 1 aliphatic heterocycles. The van der Waals surface area contributed by atoms with Crippen molar-refractivity contribution in [1.82, 2.24) is 0 Å². The average Bonchev–Trinajstić information content (AvgIpc) is 2.75. The molecule has 1 aromatic carbocycles. The van der Waals surface area contributed by atoms with Gasteiger partial charge >= 0.3 is 5.97 Å². The number of aromatic hydroxyl groups is 1. The minimum atomic E-state index is -0.604. The molecule has 2 rings (SSSR count). The molecule has 6 heteroatoms. The van der Waals surface area contributed by atoms with Crippen LogP contribution in [0.5, 0.6) is 11.5 Å². The normalized spacial score (nSPS) is 16.0. The van der Waals surface area contributed by atoms with Gasteiger partial charge in [0.25, 0.3) is 0 Å². The van der Waals surface area contributed by atoms with E-state index >= 15 is 0 Å². The summed E-state index contributed by atoms with van der Waals surface area (Å²) in [5, 5.41) is 19.7. The molecule has 0 bridgehead atoms. The summed E-state index contributed by atoms with van der Waals surface area (Å²) in [6, 6.07) is 4.72. The Hall–Kier alpha value is -2.76. The van der Waals surface area contributed by atoms with E-state index in [9.17, 15) is 15.0 Å². The summed E-state index contributed by atoms with van der Waals surface area (Å²) in [6.45, 7) is 3.54. The predicted molar refractivity (Wildman–Crippen MR) is 82.0 cm³/mol. The maximum atomic E-state index is 11.8. The molecule has 2 N–H and O–H groups in total. The smallest absolute Gasteiger partial charge is 0.343 e. The Morgan fingerprint density at radius 3 is 2.73 bits per heavy atom. The van der Waals surface area contributed by atoms with Crippen LogP contribution in [0.3, 0.4) is 0 Å². The molecule has 0 saturated heterocycles. The number of phenolic OH excluding ortho intramolecular Hbond substituents is 1. The van der Waals surface area contributed by atoms with Crippen molar-refractivity contribution in [3.63, 3.8) is 0 Å².